The highest BCUT2D eigenvalue weighted by molar-refractivity contribution is 6.33. The van der Waals surface area contributed by atoms with E-state index in [1.165, 1.54) is 0 Å². The second kappa shape index (κ2) is 5.40. The minimum atomic E-state index is -0.399. The molecule has 0 spiro atoms. The Morgan fingerprint density at radius 3 is 2.94 bits per heavy atom. The van der Waals surface area contributed by atoms with E-state index in [1.54, 1.807) is 19.5 Å². The van der Waals surface area contributed by atoms with Crippen molar-refractivity contribution in [3.8, 4) is 0 Å². The Hall–Kier alpha value is -1.23. The molecule has 2 aromatic heterocycles. The van der Waals surface area contributed by atoms with Crippen molar-refractivity contribution in [3.05, 3.63) is 35.2 Å². The van der Waals surface area contributed by atoms with Crippen LogP contribution < -0.4 is 0 Å². The molecule has 1 unspecified atom stereocenters. The molecule has 4 nitrogen and oxygen atoms in total. The van der Waals surface area contributed by atoms with Crippen LogP contribution in [0, 0.1) is 0 Å². The number of methoxy groups -OCH3 is 1. The number of hydrogen-bond donors (Lipinski definition) is 0. The number of fused-ring (bicyclic) bond motifs is 1. The summed E-state index contributed by atoms with van der Waals surface area (Å²) in [5.74, 6) is 0. The van der Waals surface area contributed by atoms with Crippen molar-refractivity contribution in [1.29, 1.82) is 0 Å². The first-order chi connectivity index (χ1) is 8.26. The van der Waals surface area contributed by atoms with Crippen LogP contribution in [0.15, 0.2) is 24.5 Å². The number of nitrogens with zero attached hydrogens (tertiary/aromatic N) is 2. The van der Waals surface area contributed by atoms with E-state index >= 15 is 0 Å². The minimum absolute atomic E-state index is 0.399. The van der Waals surface area contributed by atoms with Crippen LogP contribution in [-0.4, -0.2) is 23.7 Å². The summed E-state index contributed by atoms with van der Waals surface area (Å²) in [4.78, 5) is 8.26. The molecule has 17 heavy (non-hydrogen) atoms. The minimum Gasteiger partial charge on any atom is -0.352 e. The predicted octanol–water partition coefficient (Wildman–Crippen LogP) is 2.96. The van der Waals surface area contributed by atoms with Gasteiger partial charge in [0, 0.05) is 37.1 Å². The predicted molar refractivity (Wildman–Crippen MR) is 65.9 cm³/mol. The SMILES string of the molecule is CCOC(OC)c1cnc2c(Cl)nccc2c1. The van der Waals surface area contributed by atoms with Crippen LogP contribution in [0.3, 0.4) is 0 Å². The molecule has 2 rings (SSSR count). The highest BCUT2D eigenvalue weighted by Gasteiger charge is 2.12. The lowest BCUT2D eigenvalue weighted by Gasteiger charge is -2.15. The topological polar surface area (TPSA) is 44.2 Å². The Labute approximate surface area is 105 Å². The number of hydrogen-bond acceptors (Lipinski definition) is 4. The monoisotopic (exact) mass is 252 g/mol. The van der Waals surface area contributed by atoms with Crippen LogP contribution in [0.25, 0.3) is 10.9 Å². The van der Waals surface area contributed by atoms with Crippen molar-refractivity contribution in [2.24, 2.45) is 0 Å². The lowest BCUT2D eigenvalue weighted by molar-refractivity contribution is -0.124. The standard InChI is InChI=1S/C12H13ClN2O2/c1-3-17-12(16-2)9-6-8-4-5-14-11(13)10(8)15-7-9/h4-7,12H,3H2,1-2H3. The summed E-state index contributed by atoms with van der Waals surface area (Å²) < 4.78 is 10.7. The zero-order valence-corrected chi connectivity index (χ0v) is 10.4. The molecule has 0 fully saturated rings. The number of aromatic nitrogens is 2. The third-order valence-corrected chi connectivity index (χ3v) is 2.66. The maximum Gasteiger partial charge on any atom is 0.184 e. The molecule has 0 bridgehead atoms. The van der Waals surface area contributed by atoms with Crippen LogP contribution in [0.5, 0.6) is 0 Å². The molecule has 0 saturated carbocycles. The highest BCUT2D eigenvalue weighted by Crippen LogP contribution is 2.24. The molecule has 0 N–H and O–H groups in total. The summed E-state index contributed by atoms with van der Waals surface area (Å²) in [5.41, 5.74) is 1.55. The van der Waals surface area contributed by atoms with Crippen LogP contribution in [0.2, 0.25) is 5.15 Å². The molecule has 2 heterocycles. The maximum atomic E-state index is 5.95. The normalized spacial score (nSPS) is 12.9. The van der Waals surface area contributed by atoms with E-state index in [2.05, 4.69) is 9.97 Å². The number of rotatable bonds is 4. The molecular weight excluding hydrogens is 240 g/mol. The average molecular weight is 253 g/mol. The quantitative estimate of drug-likeness (QED) is 0.620. The zero-order valence-electron chi connectivity index (χ0n) is 9.68. The van der Waals surface area contributed by atoms with E-state index in [1.807, 2.05) is 19.1 Å². The van der Waals surface area contributed by atoms with Crippen LogP contribution >= 0.6 is 11.6 Å². The van der Waals surface area contributed by atoms with Crippen molar-refractivity contribution in [2.75, 3.05) is 13.7 Å². The van der Waals surface area contributed by atoms with Crippen molar-refractivity contribution in [1.82, 2.24) is 9.97 Å². The molecule has 2 aromatic rings. The Bertz CT molecular complexity index is 519. The molecule has 0 aliphatic heterocycles. The van der Waals surface area contributed by atoms with E-state index in [0.29, 0.717) is 17.3 Å². The molecule has 0 saturated heterocycles. The smallest absolute Gasteiger partial charge is 0.184 e. The molecule has 0 aromatic carbocycles. The van der Waals surface area contributed by atoms with E-state index < -0.39 is 6.29 Å². The summed E-state index contributed by atoms with van der Waals surface area (Å²) in [6.45, 7) is 2.49. The van der Waals surface area contributed by atoms with Gasteiger partial charge in [-0.05, 0) is 19.1 Å². The Kier molecular flexibility index (Phi) is 3.89. The molecule has 0 aliphatic carbocycles. The van der Waals surface area contributed by atoms with E-state index in [0.717, 1.165) is 10.9 Å². The first-order valence-corrected chi connectivity index (χ1v) is 5.68. The van der Waals surface area contributed by atoms with Gasteiger partial charge in [-0.2, -0.15) is 0 Å². The van der Waals surface area contributed by atoms with Gasteiger partial charge in [-0.3, -0.25) is 4.98 Å². The van der Waals surface area contributed by atoms with Gasteiger partial charge in [0.2, 0.25) is 0 Å². The van der Waals surface area contributed by atoms with Gasteiger partial charge in [0.1, 0.15) is 5.52 Å². The van der Waals surface area contributed by atoms with Gasteiger partial charge in [0.25, 0.3) is 0 Å². The summed E-state index contributed by atoms with van der Waals surface area (Å²) in [6.07, 6.45) is 2.95. The van der Waals surface area contributed by atoms with Gasteiger partial charge >= 0.3 is 0 Å². The second-order valence-electron chi connectivity index (χ2n) is 3.47. The molecule has 0 aliphatic rings. The Morgan fingerprint density at radius 2 is 2.24 bits per heavy atom. The maximum absolute atomic E-state index is 5.95. The first-order valence-electron chi connectivity index (χ1n) is 5.30. The summed E-state index contributed by atoms with van der Waals surface area (Å²) in [7, 11) is 1.60. The summed E-state index contributed by atoms with van der Waals surface area (Å²) >= 11 is 5.95. The van der Waals surface area contributed by atoms with Gasteiger partial charge in [-0.1, -0.05) is 11.6 Å². The van der Waals surface area contributed by atoms with Crippen molar-refractivity contribution < 1.29 is 9.47 Å². The Morgan fingerprint density at radius 1 is 1.41 bits per heavy atom. The molecule has 90 valence electrons. The van der Waals surface area contributed by atoms with Gasteiger partial charge in [-0.25, -0.2) is 4.98 Å². The lowest BCUT2D eigenvalue weighted by Crippen LogP contribution is -2.06. The summed E-state index contributed by atoms with van der Waals surface area (Å²) in [6, 6.07) is 3.80. The Balaban J connectivity index is 2.43. The fourth-order valence-electron chi connectivity index (χ4n) is 1.62. The largest absolute Gasteiger partial charge is 0.352 e. The van der Waals surface area contributed by atoms with Crippen LogP contribution in [0.1, 0.15) is 18.8 Å². The number of halogens is 1. The van der Waals surface area contributed by atoms with Crippen LogP contribution in [0.4, 0.5) is 0 Å². The molecule has 5 heteroatoms. The molecule has 0 amide bonds. The van der Waals surface area contributed by atoms with Gasteiger partial charge in [0.05, 0.1) is 0 Å². The zero-order chi connectivity index (χ0) is 12.3. The van der Waals surface area contributed by atoms with Crippen molar-refractivity contribution in [3.63, 3.8) is 0 Å². The third kappa shape index (κ3) is 2.54. The highest BCUT2D eigenvalue weighted by atomic mass is 35.5. The number of ether oxygens (including phenoxy) is 2. The third-order valence-electron chi connectivity index (χ3n) is 2.38. The first kappa shape index (κ1) is 12.2. The van der Waals surface area contributed by atoms with Gasteiger partial charge in [-0.15, -0.1) is 0 Å². The molecular formula is C12H13ClN2O2. The second-order valence-corrected chi connectivity index (χ2v) is 3.82. The fraction of sp³-hybridized carbons (Fsp3) is 0.333. The van der Waals surface area contributed by atoms with E-state index in [4.69, 9.17) is 21.1 Å². The van der Waals surface area contributed by atoms with Crippen molar-refractivity contribution in [2.45, 2.75) is 13.2 Å². The number of pyridine rings is 2. The van der Waals surface area contributed by atoms with Gasteiger partial charge < -0.3 is 9.47 Å². The van der Waals surface area contributed by atoms with Crippen LogP contribution in [-0.2, 0) is 9.47 Å². The lowest BCUT2D eigenvalue weighted by atomic mass is 10.2. The fourth-order valence-corrected chi connectivity index (χ4v) is 1.84. The van der Waals surface area contributed by atoms with Gasteiger partial charge in [0.15, 0.2) is 11.4 Å². The average Bonchev–Trinajstić information content (AvgIpc) is 2.36. The molecule has 1 atom stereocenters. The molecule has 0 radical (unpaired) electrons. The summed E-state index contributed by atoms with van der Waals surface area (Å²) in [5, 5.41) is 1.32. The van der Waals surface area contributed by atoms with E-state index in [9.17, 15) is 0 Å². The van der Waals surface area contributed by atoms with Crippen molar-refractivity contribution >= 4 is 22.5 Å². The van der Waals surface area contributed by atoms with E-state index in [-0.39, 0.29) is 0 Å².